The molecule has 4 aromatic rings. The van der Waals surface area contributed by atoms with Gasteiger partial charge >= 0.3 is 0 Å². The zero-order valence-corrected chi connectivity index (χ0v) is 20.3. The minimum atomic E-state index is -0.837. The first-order valence-corrected chi connectivity index (χ1v) is 12.1. The van der Waals surface area contributed by atoms with Gasteiger partial charge in [-0.2, -0.15) is 5.10 Å². The summed E-state index contributed by atoms with van der Waals surface area (Å²) in [5.74, 6) is -1.14. The Hall–Kier alpha value is -2.97. The summed E-state index contributed by atoms with van der Waals surface area (Å²) < 4.78 is 36.2. The van der Waals surface area contributed by atoms with Crippen molar-refractivity contribution >= 4 is 22.6 Å². The summed E-state index contributed by atoms with van der Waals surface area (Å²) in [4.78, 5) is 7.66. The van der Waals surface area contributed by atoms with Crippen molar-refractivity contribution in [1.82, 2.24) is 19.7 Å². The third-order valence-corrected chi connectivity index (χ3v) is 7.51. The molecule has 0 aliphatic heterocycles. The van der Waals surface area contributed by atoms with Gasteiger partial charge in [0.1, 0.15) is 23.9 Å². The Morgan fingerprint density at radius 3 is 2.74 bits per heavy atom. The van der Waals surface area contributed by atoms with Crippen LogP contribution in [-0.2, 0) is 0 Å². The number of hydrogen-bond acceptors (Lipinski definition) is 4. The van der Waals surface area contributed by atoms with Gasteiger partial charge in [-0.3, -0.25) is 9.07 Å². The van der Waals surface area contributed by atoms with E-state index in [4.69, 9.17) is 16.3 Å². The van der Waals surface area contributed by atoms with E-state index in [9.17, 15) is 13.9 Å². The minimum Gasteiger partial charge on any atom is -0.496 e. The number of hydrogen-bond donors (Lipinski definition) is 2. The number of nitrogens with one attached hydrogen (secondary N) is 1. The molecule has 0 unspecified atom stereocenters. The van der Waals surface area contributed by atoms with Crippen LogP contribution in [0.2, 0.25) is 5.02 Å². The summed E-state index contributed by atoms with van der Waals surface area (Å²) in [6.45, 7) is 1.23. The maximum Gasteiger partial charge on any atom is 0.142 e. The van der Waals surface area contributed by atoms with Gasteiger partial charge in [-0.1, -0.05) is 11.6 Å². The molecule has 35 heavy (non-hydrogen) atoms. The maximum absolute atomic E-state index is 14.5. The Morgan fingerprint density at radius 1 is 1.26 bits per heavy atom. The van der Waals surface area contributed by atoms with E-state index in [1.165, 1.54) is 19.2 Å². The lowest BCUT2D eigenvalue weighted by Crippen LogP contribution is -2.22. The molecule has 1 atom stereocenters. The monoisotopic (exact) mass is 500 g/mol. The van der Waals surface area contributed by atoms with Gasteiger partial charge in [-0.25, -0.2) is 9.37 Å². The molecule has 3 aromatic heterocycles. The second-order valence-corrected chi connectivity index (χ2v) is 9.48. The van der Waals surface area contributed by atoms with Crippen molar-refractivity contribution in [3.8, 4) is 16.9 Å². The number of aliphatic hydroxyl groups excluding tert-OH is 1. The van der Waals surface area contributed by atoms with Crippen LogP contribution in [0.15, 0.2) is 36.8 Å². The topological polar surface area (TPSA) is 76.0 Å². The highest BCUT2D eigenvalue weighted by Gasteiger charge is 2.27. The standard InChI is InChI=1S/C26H27ClF2N4O2/c1-14-20(13-32-33(14)16-3-5-17(34)6-4-16)15-9-18-21(12-31-26(18)30-11-15)19(10-28)24-23(35-2)8-7-22(29)25(24)27/h7-9,11-13,16-17,19,34H,3-6,10H2,1-2H3,(H,30,31)/t16-,17-,19-/m0/s1. The van der Waals surface area contributed by atoms with E-state index in [1.807, 2.05) is 23.9 Å². The third-order valence-electron chi connectivity index (χ3n) is 7.12. The number of rotatable bonds is 6. The van der Waals surface area contributed by atoms with Crippen LogP contribution in [0.1, 0.15) is 54.5 Å². The molecule has 0 spiro atoms. The molecule has 1 aliphatic carbocycles. The summed E-state index contributed by atoms with van der Waals surface area (Å²) in [6, 6.07) is 4.88. The van der Waals surface area contributed by atoms with Gasteiger partial charge in [0.05, 0.1) is 30.5 Å². The zero-order chi connectivity index (χ0) is 24.7. The number of aliphatic hydroxyl groups is 1. The molecule has 3 heterocycles. The predicted molar refractivity (Wildman–Crippen MR) is 131 cm³/mol. The number of aromatic amines is 1. The number of H-pyrrole nitrogens is 1. The van der Waals surface area contributed by atoms with Gasteiger partial charge in [0, 0.05) is 46.1 Å². The average Bonchev–Trinajstić information content (AvgIpc) is 3.46. The molecule has 6 nitrogen and oxygen atoms in total. The Kier molecular flexibility index (Phi) is 6.51. The van der Waals surface area contributed by atoms with Gasteiger partial charge in [-0.15, -0.1) is 0 Å². The summed E-state index contributed by atoms with van der Waals surface area (Å²) in [6.07, 6.45) is 8.38. The number of aromatic nitrogens is 4. The van der Waals surface area contributed by atoms with Crippen LogP contribution in [0.3, 0.4) is 0 Å². The van der Waals surface area contributed by atoms with E-state index in [-0.39, 0.29) is 22.7 Å². The Morgan fingerprint density at radius 2 is 2.03 bits per heavy atom. The molecule has 9 heteroatoms. The van der Waals surface area contributed by atoms with Crippen molar-refractivity contribution < 1.29 is 18.6 Å². The van der Waals surface area contributed by atoms with Gasteiger partial charge in [0.25, 0.3) is 0 Å². The average molecular weight is 501 g/mol. The molecule has 0 amide bonds. The predicted octanol–water partition coefficient (Wildman–Crippen LogP) is 6.11. The number of ether oxygens (including phenoxy) is 1. The summed E-state index contributed by atoms with van der Waals surface area (Å²) in [7, 11) is 1.45. The lowest BCUT2D eigenvalue weighted by Gasteiger charge is -2.26. The van der Waals surface area contributed by atoms with Crippen LogP contribution < -0.4 is 4.74 Å². The van der Waals surface area contributed by atoms with E-state index >= 15 is 0 Å². The highest BCUT2D eigenvalue weighted by Crippen LogP contribution is 2.42. The molecule has 2 N–H and O–H groups in total. The number of halogens is 3. The zero-order valence-electron chi connectivity index (χ0n) is 19.6. The molecule has 1 aliphatic rings. The highest BCUT2D eigenvalue weighted by molar-refractivity contribution is 6.31. The minimum absolute atomic E-state index is 0.153. The van der Waals surface area contributed by atoms with E-state index in [0.717, 1.165) is 47.9 Å². The highest BCUT2D eigenvalue weighted by atomic mass is 35.5. The fourth-order valence-corrected chi connectivity index (χ4v) is 5.49. The summed E-state index contributed by atoms with van der Waals surface area (Å²) in [5.41, 5.74) is 4.30. The Labute approximate surface area is 206 Å². The molecular weight excluding hydrogens is 474 g/mol. The largest absolute Gasteiger partial charge is 0.496 e. The van der Waals surface area contributed by atoms with Crippen LogP contribution in [0.25, 0.3) is 22.2 Å². The molecular formula is C26H27ClF2N4O2. The lowest BCUT2D eigenvalue weighted by atomic mass is 9.91. The Balaban J connectivity index is 1.56. The fourth-order valence-electron chi connectivity index (χ4n) is 5.20. The first-order chi connectivity index (χ1) is 16.9. The number of alkyl halides is 1. The first-order valence-electron chi connectivity index (χ1n) is 11.7. The van der Waals surface area contributed by atoms with Crippen molar-refractivity contribution in [3.63, 3.8) is 0 Å². The van der Waals surface area contributed by atoms with Crippen LogP contribution in [0.4, 0.5) is 8.78 Å². The van der Waals surface area contributed by atoms with Gasteiger partial charge in [-0.05, 0) is 56.4 Å². The molecule has 5 rings (SSSR count). The summed E-state index contributed by atoms with van der Waals surface area (Å²) >= 11 is 6.28. The van der Waals surface area contributed by atoms with E-state index in [0.29, 0.717) is 17.0 Å². The van der Waals surface area contributed by atoms with E-state index in [2.05, 4.69) is 15.1 Å². The number of pyridine rings is 1. The van der Waals surface area contributed by atoms with Crippen molar-refractivity contribution in [2.75, 3.05) is 13.8 Å². The van der Waals surface area contributed by atoms with Crippen LogP contribution >= 0.6 is 11.6 Å². The van der Waals surface area contributed by atoms with Crippen molar-refractivity contribution in [2.45, 2.75) is 50.7 Å². The fraction of sp³-hybridized carbons (Fsp3) is 0.385. The molecule has 1 saturated carbocycles. The number of fused-ring (bicyclic) bond motifs is 1. The van der Waals surface area contributed by atoms with Crippen molar-refractivity contribution in [1.29, 1.82) is 0 Å². The van der Waals surface area contributed by atoms with Crippen molar-refractivity contribution in [2.24, 2.45) is 0 Å². The number of benzene rings is 1. The van der Waals surface area contributed by atoms with E-state index < -0.39 is 18.4 Å². The molecule has 0 radical (unpaired) electrons. The molecule has 1 aromatic carbocycles. The number of methoxy groups -OCH3 is 1. The van der Waals surface area contributed by atoms with Crippen LogP contribution in [-0.4, -0.2) is 44.7 Å². The Bertz CT molecular complexity index is 1360. The lowest BCUT2D eigenvalue weighted by molar-refractivity contribution is 0.107. The van der Waals surface area contributed by atoms with Gasteiger partial charge in [0.2, 0.25) is 0 Å². The first kappa shape index (κ1) is 23.8. The molecule has 1 fully saturated rings. The smallest absolute Gasteiger partial charge is 0.142 e. The molecule has 0 saturated heterocycles. The van der Waals surface area contributed by atoms with Crippen molar-refractivity contribution in [3.05, 3.63) is 64.5 Å². The SMILES string of the molecule is COc1ccc(F)c(Cl)c1[C@@H](CF)c1c[nH]c2ncc(-c3cnn([C@H]4CC[C@H](O)CC4)c3C)cc12. The third kappa shape index (κ3) is 4.19. The molecule has 184 valence electrons. The van der Waals surface area contributed by atoms with Crippen LogP contribution in [0, 0.1) is 12.7 Å². The molecule has 0 bridgehead atoms. The second kappa shape index (κ2) is 9.59. The van der Waals surface area contributed by atoms with Crippen LogP contribution in [0.5, 0.6) is 5.75 Å². The maximum atomic E-state index is 14.5. The van der Waals surface area contributed by atoms with Gasteiger partial charge in [0.15, 0.2) is 0 Å². The summed E-state index contributed by atoms with van der Waals surface area (Å²) in [5, 5.41) is 15.0. The quantitative estimate of drug-likeness (QED) is 0.335. The second-order valence-electron chi connectivity index (χ2n) is 9.10. The van der Waals surface area contributed by atoms with Gasteiger partial charge < -0.3 is 14.8 Å². The number of nitrogens with zero attached hydrogens (tertiary/aromatic N) is 3. The normalized spacial score (nSPS) is 19.3. The van der Waals surface area contributed by atoms with E-state index in [1.54, 1.807) is 12.4 Å².